The highest BCUT2D eigenvalue weighted by molar-refractivity contribution is 5.93. The second-order valence-corrected chi connectivity index (χ2v) is 5.92. The van der Waals surface area contributed by atoms with Gasteiger partial charge >= 0.3 is 6.03 Å². The van der Waals surface area contributed by atoms with Crippen LogP contribution in [0.25, 0.3) is 0 Å². The van der Waals surface area contributed by atoms with Crippen molar-refractivity contribution in [2.75, 3.05) is 11.9 Å². The van der Waals surface area contributed by atoms with E-state index in [1.54, 1.807) is 6.07 Å². The van der Waals surface area contributed by atoms with Gasteiger partial charge in [0, 0.05) is 24.7 Å². The summed E-state index contributed by atoms with van der Waals surface area (Å²) < 4.78 is 26.8. The standard InChI is InChI=1S/C17H17F2N5O2/c18-12-4-3-11(14(19)8-12)10-24-7-1-2-15(16(24)25)23-17(26)22-13-5-6-20-21-9-13/h3-6,8-9,15H,1-2,7,10H2,(H2,20,22,23,26)/t15-/m1/s1. The molecule has 0 saturated carbocycles. The predicted molar refractivity (Wildman–Crippen MR) is 89.0 cm³/mol. The van der Waals surface area contributed by atoms with Crippen molar-refractivity contribution in [1.82, 2.24) is 20.4 Å². The molecule has 3 rings (SSSR count). The van der Waals surface area contributed by atoms with Crippen LogP contribution in [-0.2, 0) is 11.3 Å². The largest absolute Gasteiger partial charge is 0.336 e. The molecule has 1 fully saturated rings. The number of nitrogens with zero attached hydrogens (tertiary/aromatic N) is 3. The van der Waals surface area contributed by atoms with Crippen LogP contribution >= 0.6 is 0 Å². The van der Waals surface area contributed by atoms with E-state index in [-0.39, 0.29) is 18.0 Å². The lowest BCUT2D eigenvalue weighted by Crippen LogP contribution is -2.52. The van der Waals surface area contributed by atoms with Crippen molar-refractivity contribution in [3.05, 3.63) is 53.9 Å². The number of rotatable bonds is 4. The van der Waals surface area contributed by atoms with Gasteiger partial charge in [-0.15, -0.1) is 0 Å². The fourth-order valence-corrected chi connectivity index (χ4v) is 2.78. The Bertz CT molecular complexity index is 803. The fourth-order valence-electron chi connectivity index (χ4n) is 2.78. The number of benzene rings is 1. The molecule has 0 aliphatic carbocycles. The molecule has 9 heteroatoms. The molecule has 0 radical (unpaired) electrons. The molecule has 1 aliphatic heterocycles. The van der Waals surface area contributed by atoms with Crippen molar-refractivity contribution in [3.8, 4) is 0 Å². The Hall–Kier alpha value is -3.10. The molecule has 0 spiro atoms. The number of carbonyl (C=O) groups excluding carboxylic acids is 2. The number of urea groups is 1. The van der Waals surface area contributed by atoms with Crippen molar-refractivity contribution in [2.45, 2.75) is 25.4 Å². The number of piperidine rings is 1. The number of likely N-dealkylation sites (tertiary alicyclic amines) is 1. The Morgan fingerprint density at radius 3 is 2.85 bits per heavy atom. The van der Waals surface area contributed by atoms with Crippen LogP contribution in [-0.4, -0.2) is 39.6 Å². The van der Waals surface area contributed by atoms with Gasteiger partial charge in [-0.2, -0.15) is 10.2 Å². The Morgan fingerprint density at radius 2 is 2.12 bits per heavy atom. The van der Waals surface area contributed by atoms with E-state index in [1.165, 1.54) is 23.4 Å². The average molecular weight is 361 g/mol. The minimum absolute atomic E-state index is 0.0268. The average Bonchev–Trinajstić information content (AvgIpc) is 2.61. The van der Waals surface area contributed by atoms with Gasteiger partial charge in [0.1, 0.15) is 17.7 Å². The van der Waals surface area contributed by atoms with E-state index >= 15 is 0 Å². The Morgan fingerprint density at radius 1 is 1.27 bits per heavy atom. The zero-order valence-corrected chi connectivity index (χ0v) is 13.8. The second-order valence-electron chi connectivity index (χ2n) is 5.92. The Labute approximate surface area is 148 Å². The van der Waals surface area contributed by atoms with Crippen LogP contribution in [0, 0.1) is 11.6 Å². The maximum atomic E-state index is 13.8. The van der Waals surface area contributed by atoms with E-state index in [0.717, 1.165) is 12.1 Å². The predicted octanol–water partition coefficient (Wildman–Crippen LogP) is 2.07. The molecule has 2 N–H and O–H groups in total. The van der Waals surface area contributed by atoms with Crippen LogP contribution in [0.5, 0.6) is 0 Å². The number of nitrogens with one attached hydrogen (secondary N) is 2. The third-order valence-electron chi connectivity index (χ3n) is 4.05. The van der Waals surface area contributed by atoms with E-state index in [0.29, 0.717) is 25.1 Å². The first-order chi connectivity index (χ1) is 12.5. The summed E-state index contributed by atoms with van der Waals surface area (Å²) in [6.45, 7) is 0.475. The van der Waals surface area contributed by atoms with Gasteiger partial charge in [0.15, 0.2) is 0 Å². The van der Waals surface area contributed by atoms with Crippen molar-refractivity contribution in [2.24, 2.45) is 0 Å². The first-order valence-corrected chi connectivity index (χ1v) is 8.10. The van der Waals surface area contributed by atoms with E-state index < -0.39 is 23.7 Å². The minimum atomic E-state index is -0.706. The summed E-state index contributed by atoms with van der Waals surface area (Å²) in [7, 11) is 0. The normalized spacial score (nSPS) is 17.1. The zero-order valence-electron chi connectivity index (χ0n) is 13.8. The summed E-state index contributed by atoms with van der Waals surface area (Å²) in [5.74, 6) is -1.67. The molecule has 0 bridgehead atoms. The maximum absolute atomic E-state index is 13.8. The molecule has 136 valence electrons. The van der Waals surface area contributed by atoms with Crippen molar-refractivity contribution in [3.63, 3.8) is 0 Å². The number of hydrogen-bond acceptors (Lipinski definition) is 4. The van der Waals surface area contributed by atoms with E-state index in [9.17, 15) is 18.4 Å². The van der Waals surface area contributed by atoms with Gasteiger partial charge in [-0.05, 0) is 25.0 Å². The quantitative estimate of drug-likeness (QED) is 0.873. The number of halogens is 2. The number of aromatic nitrogens is 2. The topological polar surface area (TPSA) is 87.2 Å². The van der Waals surface area contributed by atoms with Gasteiger partial charge in [0.05, 0.1) is 18.1 Å². The molecule has 26 heavy (non-hydrogen) atoms. The monoisotopic (exact) mass is 361 g/mol. The van der Waals surface area contributed by atoms with Gasteiger partial charge in [0.25, 0.3) is 0 Å². The molecular formula is C17H17F2N5O2. The van der Waals surface area contributed by atoms with Crippen LogP contribution in [0.3, 0.4) is 0 Å². The highest BCUT2D eigenvalue weighted by Gasteiger charge is 2.30. The lowest BCUT2D eigenvalue weighted by molar-refractivity contribution is -0.136. The van der Waals surface area contributed by atoms with Gasteiger partial charge in [0.2, 0.25) is 5.91 Å². The summed E-state index contributed by atoms with van der Waals surface area (Å²) >= 11 is 0. The second kappa shape index (κ2) is 7.85. The van der Waals surface area contributed by atoms with Crippen LogP contribution < -0.4 is 10.6 Å². The zero-order chi connectivity index (χ0) is 18.5. The molecule has 3 amide bonds. The highest BCUT2D eigenvalue weighted by Crippen LogP contribution is 2.18. The van der Waals surface area contributed by atoms with Crippen LogP contribution in [0.15, 0.2) is 36.7 Å². The third-order valence-corrected chi connectivity index (χ3v) is 4.05. The molecule has 2 heterocycles. The molecular weight excluding hydrogens is 344 g/mol. The van der Waals surface area contributed by atoms with Crippen LogP contribution in [0.2, 0.25) is 0 Å². The van der Waals surface area contributed by atoms with Crippen molar-refractivity contribution >= 4 is 17.6 Å². The van der Waals surface area contributed by atoms with E-state index in [4.69, 9.17) is 0 Å². The summed E-state index contributed by atoms with van der Waals surface area (Å²) in [5, 5.41) is 12.4. The van der Waals surface area contributed by atoms with E-state index in [1.807, 2.05) is 0 Å². The molecule has 2 aromatic rings. The summed E-state index contributed by atoms with van der Waals surface area (Å²) in [4.78, 5) is 26.1. The lowest BCUT2D eigenvalue weighted by Gasteiger charge is -2.32. The van der Waals surface area contributed by atoms with Crippen molar-refractivity contribution in [1.29, 1.82) is 0 Å². The van der Waals surface area contributed by atoms with Gasteiger partial charge < -0.3 is 15.5 Å². The van der Waals surface area contributed by atoms with Gasteiger partial charge in [-0.1, -0.05) is 6.07 Å². The van der Waals surface area contributed by atoms with Crippen molar-refractivity contribution < 1.29 is 18.4 Å². The molecule has 7 nitrogen and oxygen atoms in total. The summed E-state index contributed by atoms with van der Waals surface area (Å²) in [5.41, 5.74) is 0.679. The highest BCUT2D eigenvalue weighted by atomic mass is 19.1. The summed E-state index contributed by atoms with van der Waals surface area (Å²) in [6, 6.07) is 3.58. The van der Waals surface area contributed by atoms with Crippen LogP contribution in [0.1, 0.15) is 18.4 Å². The van der Waals surface area contributed by atoms with Gasteiger partial charge in [-0.25, -0.2) is 13.6 Å². The SMILES string of the molecule is O=C(Nc1ccnnc1)N[C@@H]1CCCN(Cc2ccc(F)cc2F)C1=O. The molecule has 1 aliphatic rings. The number of anilines is 1. The third kappa shape index (κ3) is 4.29. The molecule has 1 aromatic heterocycles. The van der Waals surface area contributed by atoms with Gasteiger partial charge in [-0.3, -0.25) is 4.79 Å². The number of hydrogen-bond donors (Lipinski definition) is 2. The van der Waals surface area contributed by atoms with Crippen LogP contribution in [0.4, 0.5) is 19.3 Å². The molecule has 1 atom stereocenters. The summed E-state index contributed by atoms with van der Waals surface area (Å²) in [6.07, 6.45) is 3.96. The Kier molecular flexibility index (Phi) is 5.35. The lowest BCUT2D eigenvalue weighted by atomic mass is 10.0. The Balaban J connectivity index is 1.61. The first kappa shape index (κ1) is 17.7. The first-order valence-electron chi connectivity index (χ1n) is 8.10. The number of carbonyl (C=O) groups is 2. The maximum Gasteiger partial charge on any atom is 0.319 e. The minimum Gasteiger partial charge on any atom is -0.336 e. The smallest absolute Gasteiger partial charge is 0.319 e. The van der Waals surface area contributed by atoms with E-state index in [2.05, 4.69) is 20.8 Å². The molecule has 1 saturated heterocycles. The number of amides is 3. The fraction of sp³-hybridized carbons (Fsp3) is 0.294. The molecule has 1 aromatic carbocycles. The molecule has 0 unspecified atom stereocenters.